The van der Waals surface area contributed by atoms with Crippen LogP contribution in [0, 0.1) is 11.8 Å². The van der Waals surface area contributed by atoms with Gasteiger partial charge in [-0.1, -0.05) is 13.8 Å². The minimum absolute atomic E-state index is 0.0290. The topological polar surface area (TPSA) is 61.4 Å². The van der Waals surface area contributed by atoms with Crippen LogP contribution >= 0.6 is 0 Å². The van der Waals surface area contributed by atoms with Gasteiger partial charge in [0.05, 0.1) is 6.54 Å². The maximum absolute atomic E-state index is 12.1. The SMILES string of the molecule is CC(C)C(C)NC(=O)CN1C(=O)CCC2CNCCC21. The van der Waals surface area contributed by atoms with Gasteiger partial charge in [0.25, 0.3) is 0 Å². The van der Waals surface area contributed by atoms with E-state index in [1.165, 1.54) is 0 Å². The van der Waals surface area contributed by atoms with Crippen molar-refractivity contribution < 1.29 is 9.59 Å². The number of hydrogen-bond acceptors (Lipinski definition) is 3. The summed E-state index contributed by atoms with van der Waals surface area (Å²) in [7, 11) is 0. The third-order valence-corrected chi connectivity index (χ3v) is 4.72. The van der Waals surface area contributed by atoms with Crippen molar-refractivity contribution in [1.29, 1.82) is 0 Å². The second kappa shape index (κ2) is 6.57. The normalized spacial score (nSPS) is 28.2. The van der Waals surface area contributed by atoms with Crippen molar-refractivity contribution in [1.82, 2.24) is 15.5 Å². The number of nitrogens with zero attached hydrogens (tertiary/aromatic N) is 1. The number of rotatable bonds is 4. The first-order valence-corrected chi connectivity index (χ1v) is 7.78. The van der Waals surface area contributed by atoms with Crippen LogP contribution in [0.25, 0.3) is 0 Å². The van der Waals surface area contributed by atoms with E-state index in [-0.39, 0.29) is 30.4 Å². The summed E-state index contributed by atoms with van der Waals surface area (Å²) in [5.74, 6) is 1.03. The van der Waals surface area contributed by atoms with Crippen molar-refractivity contribution in [2.75, 3.05) is 19.6 Å². The fraction of sp³-hybridized carbons (Fsp3) is 0.867. The number of likely N-dealkylation sites (tertiary alicyclic amines) is 1. The van der Waals surface area contributed by atoms with Gasteiger partial charge < -0.3 is 15.5 Å². The Morgan fingerprint density at radius 2 is 2.15 bits per heavy atom. The monoisotopic (exact) mass is 281 g/mol. The van der Waals surface area contributed by atoms with Crippen LogP contribution in [-0.2, 0) is 9.59 Å². The van der Waals surface area contributed by atoms with E-state index in [1.807, 2.05) is 11.8 Å². The molecule has 3 unspecified atom stereocenters. The molecule has 20 heavy (non-hydrogen) atoms. The van der Waals surface area contributed by atoms with Crippen LogP contribution in [0.15, 0.2) is 0 Å². The second-order valence-corrected chi connectivity index (χ2v) is 6.48. The van der Waals surface area contributed by atoms with Crippen molar-refractivity contribution in [2.24, 2.45) is 11.8 Å². The Bertz CT molecular complexity index is 370. The highest BCUT2D eigenvalue weighted by molar-refractivity contribution is 5.85. The molecule has 2 heterocycles. The lowest BCUT2D eigenvalue weighted by Gasteiger charge is -2.43. The molecule has 2 N–H and O–H groups in total. The summed E-state index contributed by atoms with van der Waals surface area (Å²) in [6, 6.07) is 0.392. The first kappa shape index (κ1) is 15.3. The highest BCUT2D eigenvalue weighted by Crippen LogP contribution is 2.28. The number of amides is 2. The maximum atomic E-state index is 12.1. The zero-order chi connectivity index (χ0) is 14.7. The van der Waals surface area contributed by atoms with Crippen LogP contribution in [0.1, 0.15) is 40.0 Å². The van der Waals surface area contributed by atoms with Crippen molar-refractivity contribution in [3.05, 3.63) is 0 Å². The number of nitrogens with one attached hydrogen (secondary N) is 2. The molecule has 0 aromatic rings. The number of piperidine rings is 2. The van der Waals surface area contributed by atoms with Crippen LogP contribution in [0.2, 0.25) is 0 Å². The van der Waals surface area contributed by atoms with Crippen LogP contribution in [0.4, 0.5) is 0 Å². The van der Waals surface area contributed by atoms with Gasteiger partial charge in [0, 0.05) is 18.5 Å². The number of carbonyl (C=O) groups excluding carboxylic acids is 2. The lowest BCUT2D eigenvalue weighted by molar-refractivity contribution is -0.144. The Kier molecular flexibility index (Phi) is 5.02. The lowest BCUT2D eigenvalue weighted by Crippen LogP contribution is -2.57. The third-order valence-electron chi connectivity index (χ3n) is 4.72. The predicted octanol–water partition coefficient (Wildman–Crippen LogP) is 0.748. The zero-order valence-electron chi connectivity index (χ0n) is 12.8. The summed E-state index contributed by atoms with van der Waals surface area (Å²) >= 11 is 0. The van der Waals surface area contributed by atoms with Crippen LogP contribution in [-0.4, -0.2) is 48.4 Å². The van der Waals surface area contributed by atoms with Crippen LogP contribution < -0.4 is 10.6 Å². The smallest absolute Gasteiger partial charge is 0.239 e. The molecule has 0 radical (unpaired) electrons. The van der Waals surface area contributed by atoms with Crippen molar-refractivity contribution in [3.8, 4) is 0 Å². The molecular weight excluding hydrogens is 254 g/mol. The van der Waals surface area contributed by atoms with Gasteiger partial charge in [-0.15, -0.1) is 0 Å². The molecule has 114 valence electrons. The molecule has 0 aromatic heterocycles. The highest BCUT2D eigenvalue weighted by Gasteiger charge is 2.37. The first-order valence-electron chi connectivity index (χ1n) is 7.78. The Labute approximate surface area is 121 Å². The van der Waals surface area contributed by atoms with E-state index in [4.69, 9.17) is 0 Å². The summed E-state index contributed by atoms with van der Waals surface area (Å²) < 4.78 is 0. The standard InChI is InChI=1S/C15H27N3O2/c1-10(2)11(3)17-14(19)9-18-13-6-7-16-8-12(13)4-5-15(18)20/h10-13,16H,4-9H2,1-3H3,(H,17,19). The predicted molar refractivity (Wildman–Crippen MR) is 78.2 cm³/mol. The number of hydrogen-bond donors (Lipinski definition) is 2. The molecule has 0 bridgehead atoms. The van der Waals surface area contributed by atoms with Gasteiger partial charge in [0.15, 0.2) is 0 Å². The molecule has 3 atom stereocenters. The van der Waals surface area contributed by atoms with Gasteiger partial charge in [-0.05, 0) is 44.7 Å². The second-order valence-electron chi connectivity index (χ2n) is 6.48. The van der Waals surface area contributed by atoms with Gasteiger partial charge in [-0.3, -0.25) is 9.59 Å². The average molecular weight is 281 g/mol. The van der Waals surface area contributed by atoms with Gasteiger partial charge in [0.1, 0.15) is 0 Å². The molecule has 2 aliphatic heterocycles. The quantitative estimate of drug-likeness (QED) is 0.799. The summed E-state index contributed by atoms with van der Waals surface area (Å²) in [6.07, 6.45) is 2.50. The minimum Gasteiger partial charge on any atom is -0.352 e. The molecule has 0 saturated carbocycles. The lowest BCUT2D eigenvalue weighted by atomic mass is 9.84. The van der Waals surface area contributed by atoms with Crippen molar-refractivity contribution in [3.63, 3.8) is 0 Å². The van der Waals surface area contributed by atoms with E-state index in [9.17, 15) is 9.59 Å². The van der Waals surface area contributed by atoms with Crippen molar-refractivity contribution >= 4 is 11.8 Å². The molecule has 5 nitrogen and oxygen atoms in total. The third kappa shape index (κ3) is 3.51. The van der Waals surface area contributed by atoms with E-state index in [1.54, 1.807) is 0 Å². The molecular formula is C15H27N3O2. The first-order chi connectivity index (χ1) is 9.49. The van der Waals surface area contributed by atoms with Gasteiger partial charge in [-0.25, -0.2) is 0 Å². The Morgan fingerprint density at radius 1 is 1.40 bits per heavy atom. The average Bonchev–Trinajstić information content (AvgIpc) is 2.42. The molecule has 2 saturated heterocycles. The number of fused-ring (bicyclic) bond motifs is 1. The van der Waals surface area contributed by atoms with Gasteiger partial charge in [0.2, 0.25) is 11.8 Å². The molecule has 2 aliphatic rings. The van der Waals surface area contributed by atoms with Crippen LogP contribution in [0.3, 0.4) is 0 Å². The highest BCUT2D eigenvalue weighted by atomic mass is 16.2. The van der Waals surface area contributed by atoms with E-state index in [2.05, 4.69) is 24.5 Å². The van der Waals surface area contributed by atoms with Gasteiger partial charge >= 0.3 is 0 Å². The molecule has 2 fully saturated rings. The Hall–Kier alpha value is -1.10. The molecule has 0 aromatic carbocycles. The van der Waals surface area contributed by atoms with E-state index in [0.29, 0.717) is 18.3 Å². The molecule has 0 spiro atoms. The fourth-order valence-corrected chi connectivity index (χ4v) is 3.08. The summed E-state index contributed by atoms with van der Waals surface area (Å²) in [5.41, 5.74) is 0. The zero-order valence-corrected chi connectivity index (χ0v) is 12.8. The van der Waals surface area contributed by atoms with E-state index >= 15 is 0 Å². The van der Waals surface area contributed by atoms with Gasteiger partial charge in [-0.2, -0.15) is 0 Å². The molecule has 2 rings (SSSR count). The Balaban J connectivity index is 1.95. The molecule has 0 aliphatic carbocycles. The largest absolute Gasteiger partial charge is 0.352 e. The minimum atomic E-state index is -0.0290. The maximum Gasteiger partial charge on any atom is 0.239 e. The summed E-state index contributed by atoms with van der Waals surface area (Å²) in [4.78, 5) is 26.1. The molecule has 2 amide bonds. The van der Waals surface area contributed by atoms with E-state index in [0.717, 1.165) is 25.9 Å². The molecule has 5 heteroatoms. The Morgan fingerprint density at radius 3 is 2.85 bits per heavy atom. The number of carbonyl (C=O) groups is 2. The summed E-state index contributed by atoms with van der Waals surface area (Å²) in [6.45, 7) is 8.30. The van der Waals surface area contributed by atoms with Crippen LogP contribution in [0.5, 0.6) is 0 Å². The summed E-state index contributed by atoms with van der Waals surface area (Å²) in [5, 5.41) is 6.38. The fourth-order valence-electron chi connectivity index (χ4n) is 3.08. The van der Waals surface area contributed by atoms with E-state index < -0.39 is 0 Å². The van der Waals surface area contributed by atoms with Crippen molar-refractivity contribution in [2.45, 2.75) is 52.1 Å².